The average Bonchev–Trinajstić information content (AvgIpc) is 2.75. The summed E-state index contributed by atoms with van der Waals surface area (Å²) in [5.74, 6) is 0.493. The van der Waals surface area contributed by atoms with E-state index in [1.54, 1.807) is 6.33 Å². The summed E-state index contributed by atoms with van der Waals surface area (Å²) in [6.45, 7) is 1.61. The highest BCUT2D eigenvalue weighted by atomic mass is 16.5. The van der Waals surface area contributed by atoms with Crippen LogP contribution < -0.4 is 0 Å². The summed E-state index contributed by atoms with van der Waals surface area (Å²) < 4.78 is 7.11. The molecule has 0 aromatic carbocycles. The second-order valence-electron chi connectivity index (χ2n) is 3.95. The van der Waals surface area contributed by atoms with Crippen LogP contribution in [0.1, 0.15) is 24.6 Å². The minimum atomic E-state index is -0.442. The predicted molar refractivity (Wildman–Crippen MR) is 51.7 cm³/mol. The number of ether oxygens (including phenoxy) is 1. The molecule has 2 unspecified atom stereocenters. The third-order valence-corrected chi connectivity index (χ3v) is 2.65. The van der Waals surface area contributed by atoms with Gasteiger partial charge in [0.05, 0.1) is 18.1 Å². The summed E-state index contributed by atoms with van der Waals surface area (Å²) in [5, 5.41) is 9.86. The summed E-state index contributed by atoms with van der Waals surface area (Å²) in [4.78, 5) is 4.13. The highest BCUT2D eigenvalue weighted by Gasteiger charge is 2.21. The fraction of sp³-hybridized carbons (Fsp3) is 0.700. The number of hydrogen-bond acceptors (Lipinski definition) is 3. The first-order valence-electron chi connectivity index (χ1n) is 4.99. The van der Waals surface area contributed by atoms with Crippen LogP contribution in [0.4, 0.5) is 0 Å². The van der Waals surface area contributed by atoms with E-state index in [1.807, 2.05) is 17.8 Å². The number of imidazole rings is 1. The van der Waals surface area contributed by atoms with E-state index in [0.29, 0.717) is 5.92 Å². The van der Waals surface area contributed by atoms with Crippen molar-refractivity contribution in [2.24, 2.45) is 13.0 Å². The maximum Gasteiger partial charge on any atom is 0.0978 e. The second kappa shape index (κ2) is 4.11. The SMILES string of the molecule is Cn1cnc(C(O)CC2CCOC2)c1. The Morgan fingerprint density at radius 2 is 2.64 bits per heavy atom. The molecule has 1 aromatic rings. The van der Waals surface area contributed by atoms with Crippen LogP contribution in [0.2, 0.25) is 0 Å². The Morgan fingerprint density at radius 3 is 3.21 bits per heavy atom. The fourth-order valence-electron chi connectivity index (χ4n) is 1.81. The van der Waals surface area contributed by atoms with Crippen molar-refractivity contribution < 1.29 is 9.84 Å². The molecule has 2 rings (SSSR count). The van der Waals surface area contributed by atoms with E-state index in [2.05, 4.69) is 4.98 Å². The van der Waals surface area contributed by atoms with Crippen molar-refractivity contribution >= 4 is 0 Å². The smallest absolute Gasteiger partial charge is 0.0978 e. The quantitative estimate of drug-likeness (QED) is 0.780. The van der Waals surface area contributed by atoms with Gasteiger partial charge in [-0.15, -0.1) is 0 Å². The molecule has 1 aromatic heterocycles. The highest BCUT2D eigenvalue weighted by Crippen LogP contribution is 2.25. The molecule has 0 spiro atoms. The van der Waals surface area contributed by atoms with E-state index < -0.39 is 6.10 Å². The first-order valence-corrected chi connectivity index (χ1v) is 4.99. The monoisotopic (exact) mass is 196 g/mol. The van der Waals surface area contributed by atoms with Crippen LogP contribution in [-0.2, 0) is 11.8 Å². The lowest BCUT2D eigenvalue weighted by molar-refractivity contribution is 0.126. The standard InChI is InChI=1S/C10H16N2O2/c1-12-5-9(11-7-12)10(13)4-8-2-3-14-6-8/h5,7-8,10,13H,2-4,6H2,1H3. The van der Waals surface area contributed by atoms with Crippen molar-refractivity contribution in [1.82, 2.24) is 9.55 Å². The molecule has 1 saturated heterocycles. The van der Waals surface area contributed by atoms with Crippen LogP contribution in [0, 0.1) is 5.92 Å². The Kier molecular flexibility index (Phi) is 2.84. The lowest BCUT2D eigenvalue weighted by Crippen LogP contribution is -2.07. The first kappa shape index (κ1) is 9.68. The van der Waals surface area contributed by atoms with Gasteiger partial charge in [0, 0.05) is 26.5 Å². The molecule has 14 heavy (non-hydrogen) atoms. The molecule has 1 fully saturated rings. The van der Waals surface area contributed by atoms with Gasteiger partial charge in [-0.3, -0.25) is 0 Å². The number of aliphatic hydroxyl groups is 1. The van der Waals surface area contributed by atoms with Crippen molar-refractivity contribution in [2.45, 2.75) is 18.9 Å². The van der Waals surface area contributed by atoms with Gasteiger partial charge in [0.2, 0.25) is 0 Å². The van der Waals surface area contributed by atoms with Crippen molar-refractivity contribution in [3.05, 3.63) is 18.2 Å². The molecule has 1 N–H and O–H groups in total. The zero-order valence-corrected chi connectivity index (χ0v) is 8.39. The van der Waals surface area contributed by atoms with E-state index in [1.165, 1.54) is 0 Å². The Bertz CT molecular complexity index is 292. The molecule has 0 saturated carbocycles. The molecule has 78 valence electrons. The molecule has 4 nitrogen and oxygen atoms in total. The second-order valence-corrected chi connectivity index (χ2v) is 3.95. The van der Waals surface area contributed by atoms with Gasteiger partial charge in [-0.2, -0.15) is 0 Å². The molecular weight excluding hydrogens is 180 g/mol. The molecule has 1 aliphatic rings. The Hall–Kier alpha value is -0.870. The maximum absolute atomic E-state index is 9.86. The number of aliphatic hydroxyl groups excluding tert-OH is 1. The normalized spacial score (nSPS) is 24.0. The van der Waals surface area contributed by atoms with Crippen LogP contribution in [0.15, 0.2) is 12.5 Å². The molecule has 0 bridgehead atoms. The molecule has 2 heterocycles. The van der Waals surface area contributed by atoms with Crippen molar-refractivity contribution in [3.8, 4) is 0 Å². The van der Waals surface area contributed by atoms with Gasteiger partial charge in [-0.25, -0.2) is 4.98 Å². The Balaban J connectivity index is 1.91. The van der Waals surface area contributed by atoms with Crippen LogP contribution >= 0.6 is 0 Å². The van der Waals surface area contributed by atoms with E-state index in [-0.39, 0.29) is 0 Å². The fourth-order valence-corrected chi connectivity index (χ4v) is 1.81. The summed E-state index contributed by atoms with van der Waals surface area (Å²) in [7, 11) is 1.90. The molecule has 0 aliphatic carbocycles. The predicted octanol–water partition coefficient (Wildman–Crippen LogP) is 0.880. The van der Waals surface area contributed by atoms with Gasteiger partial charge in [-0.05, 0) is 18.8 Å². The van der Waals surface area contributed by atoms with Gasteiger partial charge in [0.15, 0.2) is 0 Å². The zero-order valence-electron chi connectivity index (χ0n) is 8.39. The van der Waals surface area contributed by atoms with E-state index in [0.717, 1.165) is 31.7 Å². The van der Waals surface area contributed by atoms with Crippen LogP contribution in [0.3, 0.4) is 0 Å². The topological polar surface area (TPSA) is 47.3 Å². The van der Waals surface area contributed by atoms with Crippen molar-refractivity contribution in [1.29, 1.82) is 0 Å². The Labute approximate surface area is 83.5 Å². The molecule has 0 radical (unpaired) electrons. The average molecular weight is 196 g/mol. The molecule has 4 heteroatoms. The largest absolute Gasteiger partial charge is 0.387 e. The van der Waals surface area contributed by atoms with Gasteiger partial charge in [0.1, 0.15) is 0 Å². The summed E-state index contributed by atoms with van der Waals surface area (Å²) in [5.41, 5.74) is 0.763. The van der Waals surface area contributed by atoms with Gasteiger partial charge in [0.25, 0.3) is 0 Å². The van der Waals surface area contributed by atoms with Crippen LogP contribution in [0.25, 0.3) is 0 Å². The minimum Gasteiger partial charge on any atom is -0.387 e. The third kappa shape index (κ3) is 2.13. The highest BCUT2D eigenvalue weighted by molar-refractivity contribution is 5.00. The Morgan fingerprint density at radius 1 is 1.79 bits per heavy atom. The van der Waals surface area contributed by atoms with Crippen LogP contribution in [-0.4, -0.2) is 27.9 Å². The first-order chi connectivity index (χ1) is 6.75. The zero-order chi connectivity index (χ0) is 9.97. The summed E-state index contributed by atoms with van der Waals surface area (Å²) >= 11 is 0. The summed E-state index contributed by atoms with van der Waals surface area (Å²) in [6.07, 6.45) is 4.95. The molecule has 0 amide bonds. The maximum atomic E-state index is 9.86. The third-order valence-electron chi connectivity index (χ3n) is 2.65. The number of aryl methyl sites for hydroxylation is 1. The van der Waals surface area contributed by atoms with E-state index in [4.69, 9.17) is 4.74 Å². The molecule has 1 aliphatic heterocycles. The van der Waals surface area contributed by atoms with Crippen molar-refractivity contribution in [2.75, 3.05) is 13.2 Å². The number of nitrogens with zero attached hydrogens (tertiary/aromatic N) is 2. The lowest BCUT2D eigenvalue weighted by Gasteiger charge is -2.11. The van der Waals surface area contributed by atoms with Crippen LogP contribution in [0.5, 0.6) is 0 Å². The molecule has 2 atom stereocenters. The van der Waals surface area contributed by atoms with Gasteiger partial charge < -0.3 is 14.4 Å². The van der Waals surface area contributed by atoms with E-state index in [9.17, 15) is 5.11 Å². The lowest BCUT2D eigenvalue weighted by atomic mass is 10.00. The minimum absolute atomic E-state index is 0.442. The number of hydrogen-bond donors (Lipinski definition) is 1. The molecular formula is C10H16N2O2. The number of rotatable bonds is 3. The van der Waals surface area contributed by atoms with Gasteiger partial charge in [-0.1, -0.05) is 0 Å². The summed E-state index contributed by atoms with van der Waals surface area (Å²) in [6, 6.07) is 0. The van der Waals surface area contributed by atoms with Crippen molar-refractivity contribution in [3.63, 3.8) is 0 Å². The van der Waals surface area contributed by atoms with Gasteiger partial charge >= 0.3 is 0 Å². The van der Waals surface area contributed by atoms with E-state index >= 15 is 0 Å². The number of aromatic nitrogens is 2.